The molecule has 0 aliphatic carbocycles. The van der Waals surface area contributed by atoms with Gasteiger partial charge in [0.15, 0.2) is 0 Å². The average molecular weight is 228 g/mol. The molecule has 0 amide bonds. The second-order valence-corrected chi connectivity index (χ2v) is 4.55. The topological polar surface area (TPSA) is 47.3 Å². The van der Waals surface area contributed by atoms with Crippen LogP contribution in [0.4, 0.5) is 0 Å². The quantitative estimate of drug-likeness (QED) is 0.804. The van der Waals surface area contributed by atoms with Crippen molar-refractivity contribution in [1.82, 2.24) is 4.90 Å². The first-order valence-electron chi connectivity index (χ1n) is 5.74. The summed E-state index contributed by atoms with van der Waals surface area (Å²) >= 11 is 0. The number of allylic oxidation sites excluding steroid dienone is 1. The van der Waals surface area contributed by atoms with E-state index in [9.17, 15) is 5.11 Å². The molecule has 0 saturated heterocycles. The molecule has 0 fully saturated rings. The zero-order chi connectivity index (χ0) is 12.4. The Balaban J connectivity index is 2.33. The predicted octanol–water partition coefficient (Wildman–Crippen LogP) is 2.87. The van der Waals surface area contributed by atoms with Crippen LogP contribution in [0.2, 0.25) is 0 Å². The molecule has 88 valence electrons. The van der Waals surface area contributed by atoms with Gasteiger partial charge in [-0.3, -0.25) is 0 Å². The molecule has 1 unspecified atom stereocenters. The fraction of sp³-hybridized carbons (Fsp3) is 0.357. The third kappa shape index (κ3) is 2.26. The average Bonchev–Trinajstić information content (AvgIpc) is 2.32. The summed E-state index contributed by atoms with van der Waals surface area (Å²) in [7, 11) is 1.95. The lowest BCUT2D eigenvalue weighted by Crippen LogP contribution is -2.23. The van der Waals surface area contributed by atoms with Gasteiger partial charge in [-0.05, 0) is 25.8 Å². The number of nitrogens with zero attached hydrogens (tertiary/aromatic N) is 2. The number of nitriles is 1. The van der Waals surface area contributed by atoms with Crippen molar-refractivity contribution < 1.29 is 5.11 Å². The van der Waals surface area contributed by atoms with E-state index in [-0.39, 0.29) is 6.04 Å². The standard InChI is InChI=1S/C14H16N2O/c1-10-3-6-14(17)12(7-10)13-5-4-11(8-15)9-16(13)2/h3,6-7,9,13,17H,4-5H2,1-2H3. The molecule has 0 saturated carbocycles. The summed E-state index contributed by atoms with van der Waals surface area (Å²) in [5.74, 6) is 0.334. The molecule has 0 bridgehead atoms. The number of benzene rings is 1. The van der Waals surface area contributed by atoms with E-state index in [1.54, 1.807) is 6.07 Å². The van der Waals surface area contributed by atoms with Crippen LogP contribution < -0.4 is 0 Å². The van der Waals surface area contributed by atoms with Crippen molar-refractivity contribution in [2.45, 2.75) is 25.8 Å². The lowest BCUT2D eigenvalue weighted by Gasteiger charge is -2.31. The second kappa shape index (κ2) is 4.50. The molecular formula is C14H16N2O. The van der Waals surface area contributed by atoms with Crippen LogP contribution in [0.15, 0.2) is 30.0 Å². The minimum Gasteiger partial charge on any atom is -0.508 e. The fourth-order valence-corrected chi connectivity index (χ4v) is 2.30. The van der Waals surface area contributed by atoms with Crippen LogP contribution >= 0.6 is 0 Å². The first-order valence-corrected chi connectivity index (χ1v) is 5.74. The van der Waals surface area contributed by atoms with Gasteiger partial charge in [0, 0.05) is 24.4 Å². The summed E-state index contributed by atoms with van der Waals surface area (Å²) in [6, 6.07) is 8.00. The first kappa shape index (κ1) is 11.5. The molecule has 0 spiro atoms. The van der Waals surface area contributed by atoms with Gasteiger partial charge < -0.3 is 10.0 Å². The lowest BCUT2D eigenvalue weighted by atomic mass is 9.94. The number of phenols is 1. The van der Waals surface area contributed by atoms with Crippen molar-refractivity contribution in [2.24, 2.45) is 0 Å². The Hall–Kier alpha value is -1.95. The van der Waals surface area contributed by atoms with Crippen molar-refractivity contribution in [3.05, 3.63) is 41.1 Å². The van der Waals surface area contributed by atoms with E-state index < -0.39 is 0 Å². The van der Waals surface area contributed by atoms with Crippen LogP contribution in [0.3, 0.4) is 0 Å². The van der Waals surface area contributed by atoms with E-state index in [2.05, 4.69) is 6.07 Å². The Morgan fingerprint density at radius 3 is 2.88 bits per heavy atom. The van der Waals surface area contributed by atoms with Crippen molar-refractivity contribution in [2.75, 3.05) is 7.05 Å². The van der Waals surface area contributed by atoms with Gasteiger partial charge in [0.25, 0.3) is 0 Å². The molecule has 3 nitrogen and oxygen atoms in total. The molecular weight excluding hydrogens is 212 g/mol. The maximum absolute atomic E-state index is 9.92. The maximum atomic E-state index is 9.92. The molecule has 1 aromatic rings. The highest BCUT2D eigenvalue weighted by Gasteiger charge is 2.22. The van der Waals surface area contributed by atoms with Gasteiger partial charge in [0.05, 0.1) is 12.1 Å². The van der Waals surface area contributed by atoms with E-state index in [0.717, 1.165) is 29.5 Å². The Bertz CT molecular complexity index is 499. The highest BCUT2D eigenvalue weighted by atomic mass is 16.3. The number of aromatic hydroxyl groups is 1. The number of hydrogen-bond acceptors (Lipinski definition) is 3. The van der Waals surface area contributed by atoms with E-state index in [4.69, 9.17) is 5.26 Å². The van der Waals surface area contributed by atoms with Crippen molar-refractivity contribution in [1.29, 1.82) is 5.26 Å². The van der Waals surface area contributed by atoms with Gasteiger partial charge in [0.2, 0.25) is 0 Å². The molecule has 0 aromatic heterocycles. The van der Waals surface area contributed by atoms with Crippen LogP contribution in [0.25, 0.3) is 0 Å². The van der Waals surface area contributed by atoms with Crippen LogP contribution in [0.1, 0.15) is 30.0 Å². The monoisotopic (exact) mass is 228 g/mol. The zero-order valence-corrected chi connectivity index (χ0v) is 10.1. The van der Waals surface area contributed by atoms with Gasteiger partial charge in [-0.2, -0.15) is 5.26 Å². The Morgan fingerprint density at radius 1 is 1.47 bits per heavy atom. The summed E-state index contributed by atoms with van der Waals surface area (Å²) in [6.45, 7) is 2.02. The van der Waals surface area contributed by atoms with Crippen molar-refractivity contribution in [3.63, 3.8) is 0 Å². The van der Waals surface area contributed by atoms with Crippen molar-refractivity contribution >= 4 is 0 Å². The molecule has 2 rings (SSSR count). The van der Waals surface area contributed by atoms with Gasteiger partial charge in [-0.1, -0.05) is 17.7 Å². The van der Waals surface area contributed by atoms with E-state index in [1.165, 1.54) is 0 Å². The van der Waals surface area contributed by atoms with E-state index >= 15 is 0 Å². The van der Waals surface area contributed by atoms with Crippen LogP contribution in [0, 0.1) is 18.3 Å². The van der Waals surface area contributed by atoms with E-state index in [1.807, 2.05) is 37.2 Å². The SMILES string of the molecule is Cc1ccc(O)c(C2CCC(C#N)=CN2C)c1. The molecule has 1 N–H and O–H groups in total. The Labute approximate surface area is 102 Å². The summed E-state index contributed by atoms with van der Waals surface area (Å²) in [4.78, 5) is 2.01. The van der Waals surface area contributed by atoms with Gasteiger partial charge >= 0.3 is 0 Å². The van der Waals surface area contributed by atoms with Crippen molar-refractivity contribution in [3.8, 4) is 11.8 Å². The smallest absolute Gasteiger partial charge is 0.120 e. The minimum absolute atomic E-state index is 0.159. The van der Waals surface area contributed by atoms with E-state index in [0.29, 0.717) is 5.75 Å². The molecule has 17 heavy (non-hydrogen) atoms. The third-order valence-corrected chi connectivity index (χ3v) is 3.22. The number of phenolic OH excluding ortho intramolecular Hbond substituents is 1. The normalized spacial score (nSPS) is 19.7. The van der Waals surface area contributed by atoms with Gasteiger partial charge in [0.1, 0.15) is 5.75 Å². The summed E-state index contributed by atoms with van der Waals surface area (Å²) in [5, 5.41) is 18.8. The first-order chi connectivity index (χ1) is 8.11. The molecule has 1 heterocycles. The molecule has 1 aliphatic rings. The molecule has 0 radical (unpaired) electrons. The van der Waals surface area contributed by atoms with Crippen LogP contribution in [-0.4, -0.2) is 17.1 Å². The van der Waals surface area contributed by atoms with Crippen LogP contribution in [-0.2, 0) is 0 Å². The largest absolute Gasteiger partial charge is 0.508 e. The Morgan fingerprint density at radius 2 is 2.24 bits per heavy atom. The molecule has 1 atom stereocenters. The Kier molecular flexibility index (Phi) is 3.06. The fourth-order valence-electron chi connectivity index (χ4n) is 2.30. The lowest BCUT2D eigenvalue weighted by molar-refractivity contribution is 0.291. The zero-order valence-electron chi connectivity index (χ0n) is 10.1. The third-order valence-electron chi connectivity index (χ3n) is 3.22. The molecule has 1 aromatic carbocycles. The predicted molar refractivity (Wildman–Crippen MR) is 66.3 cm³/mol. The highest BCUT2D eigenvalue weighted by molar-refractivity contribution is 5.39. The van der Waals surface area contributed by atoms with Gasteiger partial charge in [-0.15, -0.1) is 0 Å². The summed E-state index contributed by atoms with van der Waals surface area (Å²) in [6.07, 6.45) is 3.52. The molecule has 3 heteroatoms. The maximum Gasteiger partial charge on any atom is 0.120 e. The number of hydrogen-bond donors (Lipinski definition) is 1. The summed E-state index contributed by atoms with van der Waals surface area (Å²) in [5.41, 5.74) is 2.89. The number of aryl methyl sites for hydroxylation is 1. The highest BCUT2D eigenvalue weighted by Crippen LogP contribution is 2.36. The summed E-state index contributed by atoms with van der Waals surface area (Å²) < 4.78 is 0. The number of rotatable bonds is 1. The van der Waals surface area contributed by atoms with Crippen LogP contribution in [0.5, 0.6) is 5.75 Å². The van der Waals surface area contributed by atoms with Gasteiger partial charge in [-0.25, -0.2) is 0 Å². The molecule has 1 aliphatic heterocycles. The minimum atomic E-state index is 0.159. The second-order valence-electron chi connectivity index (χ2n) is 4.55.